The first kappa shape index (κ1) is 14.7. The van der Waals surface area contributed by atoms with Crippen LogP contribution in [0.25, 0.3) is 0 Å². The average molecular weight is 274 g/mol. The standard InChI is InChI=1S/C9H17F3N2O2S/c1-14(7-9(10,11)12)4-2-8-6-17(15,16)5-3-13-8/h8,13H,2-7H2,1H3. The Balaban J connectivity index is 2.31. The van der Waals surface area contributed by atoms with Gasteiger partial charge in [-0.1, -0.05) is 0 Å². The zero-order chi connectivity index (χ0) is 13.1. The number of rotatable bonds is 4. The molecule has 4 nitrogen and oxygen atoms in total. The molecule has 8 heteroatoms. The summed E-state index contributed by atoms with van der Waals surface area (Å²) >= 11 is 0. The van der Waals surface area contributed by atoms with Crippen molar-refractivity contribution >= 4 is 9.84 Å². The van der Waals surface area contributed by atoms with Crippen LogP contribution < -0.4 is 5.32 Å². The lowest BCUT2D eigenvalue weighted by Crippen LogP contribution is -2.46. The van der Waals surface area contributed by atoms with Gasteiger partial charge in [-0.25, -0.2) is 8.42 Å². The van der Waals surface area contributed by atoms with Gasteiger partial charge in [0.05, 0.1) is 18.1 Å². The minimum absolute atomic E-state index is 0.0207. The van der Waals surface area contributed by atoms with E-state index in [1.54, 1.807) is 0 Å². The molecule has 1 fully saturated rings. The van der Waals surface area contributed by atoms with Crippen molar-refractivity contribution in [3.63, 3.8) is 0 Å². The van der Waals surface area contributed by atoms with E-state index >= 15 is 0 Å². The summed E-state index contributed by atoms with van der Waals surface area (Å²) in [6.45, 7) is -0.352. The molecule has 0 amide bonds. The van der Waals surface area contributed by atoms with Gasteiger partial charge in [-0.15, -0.1) is 0 Å². The van der Waals surface area contributed by atoms with E-state index < -0.39 is 22.6 Å². The maximum absolute atomic E-state index is 12.0. The third-order valence-electron chi connectivity index (χ3n) is 2.61. The molecule has 17 heavy (non-hydrogen) atoms. The molecule has 0 radical (unpaired) electrons. The number of alkyl halides is 3. The molecular weight excluding hydrogens is 257 g/mol. The number of sulfone groups is 1. The van der Waals surface area contributed by atoms with E-state index in [1.807, 2.05) is 0 Å². The van der Waals surface area contributed by atoms with Gasteiger partial charge in [-0.05, 0) is 20.0 Å². The van der Waals surface area contributed by atoms with E-state index in [9.17, 15) is 21.6 Å². The Morgan fingerprint density at radius 2 is 2.06 bits per heavy atom. The smallest absolute Gasteiger partial charge is 0.312 e. The molecule has 1 atom stereocenters. The Bertz CT molecular complexity index is 343. The number of hydrogen-bond acceptors (Lipinski definition) is 4. The van der Waals surface area contributed by atoms with Gasteiger partial charge in [0.25, 0.3) is 0 Å². The summed E-state index contributed by atoms with van der Waals surface area (Å²) in [5.41, 5.74) is 0. The van der Waals surface area contributed by atoms with Crippen molar-refractivity contribution in [3.05, 3.63) is 0 Å². The first-order valence-corrected chi connectivity index (χ1v) is 7.19. The fourth-order valence-corrected chi connectivity index (χ4v) is 3.31. The van der Waals surface area contributed by atoms with E-state index in [2.05, 4.69) is 5.32 Å². The highest BCUT2D eigenvalue weighted by atomic mass is 32.2. The summed E-state index contributed by atoms with van der Waals surface area (Å²) in [5, 5.41) is 3.01. The highest BCUT2D eigenvalue weighted by Gasteiger charge is 2.30. The fourth-order valence-electron chi connectivity index (χ4n) is 1.81. The molecule has 1 aliphatic rings. The topological polar surface area (TPSA) is 49.4 Å². The van der Waals surface area contributed by atoms with Crippen LogP contribution in [0.2, 0.25) is 0 Å². The maximum atomic E-state index is 12.0. The lowest BCUT2D eigenvalue weighted by atomic mass is 10.2. The molecule has 102 valence electrons. The van der Waals surface area contributed by atoms with Crippen LogP contribution >= 0.6 is 0 Å². The molecule has 1 N–H and O–H groups in total. The predicted molar refractivity (Wildman–Crippen MR) is 58.6 cm³/mol. The van der Waals surface area contributed by atoms with Gasteiger partial charge >= 0.3 is 6.18 Å². The van der Waals surface area contributed by atoms with E-state index in [4.69, 9.17) is 0 Å². The number of halogens is 3. The second-order valence-electron chi connectivity index (χ2n) is 4.41. The monoisotopic (exact) mass is 274 g/mol. The van der Waals surface area contributed by atoms with Crippen LogP contribution in [-0.4, -0.2) is 63.7 Å². The molecule has 0 bridgehead atoms. The quantitative estimate of drug-likeness (QED) is 0.799. The molecule has 0 aromatic heterocycles. The first-order chi connectivity index (χ1) is 7.68. The fraction of sp³-hybridized carbons (Fsp3) is 1.00. The molecule has 1 aliphatic heterocycles. The van der Waals surface area contributed by atoms with Crippen LogP contribution in [0.15, 0.2) is 0 Å². The molecule has 0 aliphatic carbocycles. The van der Waals surface area contributed by atoms with E-state index in [1.165, 1.54) is 7.05 Å². The van der Waals surface area contributed by atoms with Crippen LogP contribution in [0.3, 0.4) is 0 Å². The van der Waals surface area contributed by atoms with Crippen molar-refractivity contribution in [2.75, 3.05) is 38.2 Å². The predicted octanol–water partition coefficient (Wildman–Crippen LogP) is 0.257. The molecule has 1 rings (SSSR count). The van der Waals surface area contributed by atoms with Gasteiger partial charge < -0.3 is 5.32 Å². The molecule has 1 unspecified atom stereocenters. The van der Waals surface area contributed by atoms with E-state index in [-0.39, 0.29) is 24.1 Å². The minimum atomic E-state index is -4.21. The van der Waals surface area contributed by atoms with Crippen molar-refractivity contribution in [2.24, 2.45) is 0 Å². The summed E-state index contributed by atoms with van der Waals surface area (Å²) < 4.78 is 58.7. The lowest BCUT2D eigenvalue weighted by Gasteiger charge is -2.26. The third kappa shape index (κ3) is 6.23. The summed E-state index contributed by atoms with van der Waals surface area (Å²) in [6, 6.07) is -0.232. The van der Waals surface area contributed by atoms with E-state index in [0.717, 1.165) is 4.90 Å². The molecular formula is C9H17F3N2O2S. The molecule has 1 saturated heterocycles. The summed E-state index contributed by atoms with van der Waals surface area (Å²) in [7, 11) is -1.64. The van der Waals surface area contributed by atoms with Crippen molar-refractivity contribution in [1.82, 2.24) is 10.2 Å². The largest absolute Gasteiger partial charge is 0.401 e. The van der Waals surface area contributed by atoms with E-state index in [0.29, 0.717) is 13.0 Å². The first-order valence-electron chi connectivity index (χ1n) is 5.37. The van der Waals surface area contributed by atoms with Crippen LogP contribution in [0, 0.1) is 0 Å². The molecule has 0 saturated carbocycles. The van der Waals surface area contributed by atoms with Gasteiger partial charge in [0.1, 0.15) is 0 Å². The van der Waals surface area contributed by atoms with Crippen LogP contribution in [-0.2, 0) is 9.84 Å². The van der Waals surface area contributed by atoms with Crippen LogP contribution in [0.1, 0.15) is 6.42 Å². The zero-order valence-corrected chi connectivity index (χ0v) is 10.4. The van der Waals surface area contributed by atoms with Crippen molar-refractivity contribution < 1.29 is 21.6 Å². The maximum Gasteiger partial charge on any atom is 0.401 e. The lowest BCUT2D eigenvalue weighted by molar-refractivity contribution is -0.143. The highest BCUT2D eigenvalue weighted by molar-refractivity contribution is 7.91. The summed E-state index contributed by atoms with van der Waals surface area (Å²) in [5.74, 6) is 0.134. The molecule has 0 aromatic rings. The van der Waals surface area contributed by atoms with Gasteiger partial charge in [0.2, 0.25) is 0 Å². The summed E-state index contributed by atoms with van der Waals surface area (Å²) in [6.07, 6.45) is -3.80. The van der Waals surface area contributed by atoms with Crippen LogP contribution in [0.5, 0.6) is 0 Å². The average Bonchev–Trinajstić information content (AvgIpc) is 2.10. The Kier molecular flexibility index (Phi) is 4.79. The van der Waals surface area contributed by atoms with Crippen molar-refractivity contribution in [3.8, 4) is 0 Å². The number of nitrogens with one attached hydrogen (secondary N) is 1. The number of nitrogens with zero attached hydrogens (tertiary/aromatic N) is 1. The molecule has 1 heterocycles. The van der Waals surface area contributed by atoms with Gasteiger partial charge in [-0.3, -0.25) is 4.90 Å². The minimum Gasteiger partial charge on any atom is -0.312 e. The Morgan fingerprint density at radius 1 is 1.41 bits per heavy atom. The molecule has 0 spiro atoms. The summed E-state index contributed by atoms with van der Waals surface area (Å²) in [4.78, 5) is 1.16. The zero-order valence-electron chi connectivity index (χ0n) is 9.63. The Labute approximate surface area is 99.1 Å². The SMILES string of the molecule is CN(CCC1CS(=O)(=O)CCN1)CC(F)(F)F. The van der Waals surface area contributed by atoms with Gasteiger partial charge in [0.15, 0.2) is 9.84 Å². The van der Waals surface area contributed by atoms with Gasteiger partial charge in [0, 0.05) is 12.6 Å². The second kappa shape index (κ2) is 5.53. The normalized spacial score (nSPS) is 25.1. The van der Waals surface area contributed by atoms with Crippen molar-refractivity contribution in [2.45, 2.75) is 18.6 Å². The Morgan fingerprint density at radius 3 is 2.59 bits per heavy atom. The number of hydrogen-bond donors (Lipinski definition) is 1. The highest BCUT2D eigenvalue weighted by Crippen LogP contribution is 2.16. The van der Waals surface area contributed by atoms with Gasteiger partial charge in [-0.2, -0.15) is 13.2 Å². The second-order valence-corrected chi connectivity index (χ2v) is 6.64. The van der Waals surface area contributed by atoms with Crippen LogP contribution in [0.4, 0.5) is 13.2 Å². The van der Waals surface area contributed by atoms with Crippen molar-refractivity contribution in [1.29, 1.82) is 0 Å². The Hall–Kier alpha value is -0.340. The molecule has 0 aromatic carbocycles. The third-order valence-corrected chi connectivity index (χ3v) is 4.35.